The van der Waals surface area contributed by atoms with E-state index in [0.29, 0.717) is 19.3 Å². The first-order chi connectivity index (χ1) is 14.9. The smallest absolute Gasteiger partial charge is 0.417 e. The second kappa shape index (κ2) is 8.76. The Kier molecular flexibility index (Phi) is 5.89. The minimum atomic E-state index is -0.806. The van der Waals surface area contributed by atoms with Crippen LogP contribution in [0.15, 0.2) is 71.9 Å². The predicted octanol–water partition coefficient (Wildman–Crippen LogP) is 4.60. The Hall–Kier alpha value is -3.41. The number of nitrogens with zero attached hydrogens (tertiary/aromatic N) is 2. The van der Waals surface area contributed by atoms with Crippen LogP contribution in [0.5, 0.6) is 0 Å². The Bertz CT molecular complexity index is 999. The molecular formula is C25H26N2O4. The lowest BCUT2D eigenvalue weighted by Crippen LogP contribution is -2.49. The second-order valence-corrected chi connectivity index (χ2v) is 8.36. The van der Waals surface area contributed by atoms with Gasteiger partial charge in [0.1, 0.15) is 5.60 Å². The number of hydrogen-bond acceptors (Lipinski definition) is 5. The first-order valence-electron chi connectivity index (χ1n) is 10.5. The summed E-state index contributed by atoms with van der Waals surface area (Å²) < 4.78 is 5.53. The molecule has 2 heterocycles. The van der Waals surface area contributed by atoms with Gasteiger partial charge in [0.2, 0.25) is 6.10 Å². The lowest BCUT2D eigenvalue weighted by Gasteiger charge is -2.28. The largest absolute Gasteiger partial charge is 0.441 e. The zero-order valence-corrected chi connectivity index (χ0v) is 17.7. The van der Waals surface area contributed by atoms with Crippen LogP contribution in [0.1, 0.15) is 37.8 Å². The van der Waals surface area contributed by atoms with Crippen LogP contribution in [0, 0.1) is 0 Å². The lowest BCUT2D eigenvalue weighted by atomic mass is 9.91. The molecule has 0 spiro atoms. The van der Waals surface area contributed by atoms with Crippen molar-refractivity contribution in [2.45, 2.75) is 50.9 Å². The number of benzene rings is 2. The molecule has 0 bridgehead atoms. The fourth-order valence-corrected chi connectivity index (χ4v) is 3.93. The minimum absolute atomic E-state index is 0.361. The molecule has 6 heteroatoms. The van der Waals surface area contributed by atoms with Gasteiger partial charge < -0.3 is 9.57 Å². The van der Waals surface area contributed by atoms with Crippen molar-refractivity contribution in [2.75, 3.05) is 0 Å². The molecule has 4 rings (SSSR count). The number of rotatable bonds is 6. The van der Waals surface area contributed by atoms with Crippen LogP contribution in [0.2, 0.25) is 0 Å². The van der Waals surface area contributed by atoms with Crippen LogP contribution in [-0.2, 0) is 20.8 Å². The normalized spacial score (nSPS) is 22.3. The highest BCUT2D eigenvalue weighted by atomic mass is 16.6. The maximum Gasteiger partial charge on any atom is 0.417 e. The molecule has 2 aliphatic rings. The van der Waals surface area contributed by atoms with E-state index in [0.717, 1.165) is 16.8 Å². The Labute approximate surface area is 182 Å². The zero-order chi connectivity index (χ0) is 21.8. The molecule has 2 atom stereocenters. The summed E-state index contributed by atoms with van der Waals surface area (Å²) in [5.41, 5.74) is 2.12. The van der Waals surface area contributed by atoms with E-state index >= 15 is 0 Å². The van der Waals surface area contributed by atoms with Crippen LogP contribution in [-0.4, -0.2) is 40.4 Å². The molecule has 0 aromatic heterocycles. The third kappa shape index (κ3) is 4.68. The Morgan fingerprint density at radius 2 is 1.81 bits per heavy atom. The molecule has 2 aromatic rings. The van der Waals surface area contributed by atoms with Gasteiger partial charge >= 0.3 is 6.09 Å². The number of amides is 2. The summed E-state index contributed by atoms with van der Waals surface area (Å²) in [5, 5.41) is 4.08. The fourth-order valence-electron chi connectivity index (χ4n) is 3.93. The molecule has 0 aliphatic carbocycles. The Morgan fingerprint density at radius 3 is 2.52 bits per heavy atom. The van der Waals surface area contributed by atoms with E-state index in [-0.39, 0.29) is 0 Å². The van der Waals surface area contributed by atoms with Crippen LogP contribution in [0.4, 0.5) is 4.79 Å². The maximum atomic E-state index is 13.2. The molecule has 1 saturated heterocycles. The molecule has 31 heavy (non-hydrogen) atoms. The lowest BCUT2D eigenvalue weighted by molar-refractivity contribution is -0.140. The number of cyclic esters (lactones) is 1. The summed E-state index contributed by atoms with van der Waals surface area (Å²) >= 11 is 0. The Morgan fingerprint density at radius 1 is 1.13 bits per heavy atom. The van der Waals surface area contributed by atoms with Gasteiger partial charge in [0.05, 0.1) is 11.8 Å². The second-order valence-electron chi connectivity index (χ2n) is 8.36. The molecule has 0 radical (unpaired) electrons. The van der Waals surface area contributed by atoms with Crippen LogP contribution < -0.4 is 0 Å². The van der Waals surface area contributed by atoms with Gasteiger partial charge in [0.15, 0.2) is 0 Å². The van der Waals surface area contributed by atoms with E-state index in [4.69, 9.17) is 9.57 Å². The summed E-state index contributed by atoms with van der Waals surface area (Å²) in [7, 11) is 0. The number of ether oxygens (including phenoxy) is 1. The summed E-state index contributed by atoms with van der Waals surface area (Å²) in [5.74, 6) is -0.401. The van der Waals surface area contributed by atoms with Crippen molar-refractivity contribution >= 4 is 23.8 Å². The first-order valence-corrected chi connectivity index (χ1v) is 10.5. The third-order valence-electron chi connectivity index (χ3n) is 5.64. The van der Waals surface area contributed by atoms with Crippen molar-refractivity contribution in [3.05, 3.63) is 77.9 Å². The number of allylic oxidation sites excluding steroid dienone is 1. The van der Waals surface area contributed by atoms with Crippen molar-refractivity contribution in [1.82, 2.24) is 4.90 Å². The van der Waals surface area contributed by atoms with Gasteiger partial charge in [-0.2, -0.15) is 0 Å². The third-order valence-corrected chi connectivity index (χ3v) is 5.64. The molecule has 2 aliphatic heterocycles. The van der Waals surface area contributed by atoms with Crippen LogP contribution in [0.3, 0.4) is 0 Å². The molecule has 6 nitrogen and oxygen atoms in total. The van der Waals surface area contributed by atoms with E-state index in [1.54, 1.807) is 0 Å². The highest BCUT2D eigenvalue weighted by molar-refractivity contribution is 6.00. The monoisotopic (exact) mass is 418 g/mol. The molecular weight excluding hydrogens is 392 g/mol. The van der Waals surface area contributed by atoms with E-state index in [2.05, 4.69) is 5.16 Å². The van der Waals surface area contributed by atoms with E-state index < -0.39 is 29.7 Å². The molecule has 0 saturated carbocycles. The van der Waals surface area contributed by atoms with Gasteiger partial charge in [-0.15, -0.1) is 0 Å². The predicted molar refractivity (Wildman–Crippen MR) is 118 cm³/mol. The maximum absolute atomic E-state index is 13.2. The highest BCUT2D eigenvalue weighted by Crippen LogP contribution is 2.33. The molecule has 160 valence electrons. The van der Waals surface area contributed by atoms with Crippen molar-refractivity contribution in [2.24, 2.45) is 5.16 Å². The number of imide groups is 1. The topological polar surface area (TPSA) is 68.2 Å². The average Bonchev–Trinajstić information content (AvgIpc) is 3.31. The van der Waals surface area contributed by atoms with Crippen molar-refractivity contribution in [1.29, 1.82) is 0 Å². The quantitative estimate of drug-likeness (QED) is 0.687. The number of carbonyl (C=O) groups excluding carboxylic acids is 2. The van der Waals surface area contributed by atoms with E-state index in [1.807, 2.05) is 86.7 Å². The van der Waals surface area contributed by atoms with Crippen molar-refractivity contribution in [3.63, 3.8) is 0 Å². The van der Waals surface area contributed by atoms with Gasteiger partial charge in [0, 0.05) is 12.8 Å². The summed E-state index contributed by atoms with van der Waals surface area (Å²) in [4.78, 5) is 32.4. The standard InChI is InChI=1S/C25H26N2O4/c1-25(2)22(16-19-12-7-4-8-13-19)27(24(29)30-25)23(28)21-17-20(26-31-21)15-9-14-18-10-5-3-6-11-18/h3-14,21-22H,15-17H2,1-2H3/t21-,22+/m1/s1. The molecule has 2 aromatic carbocycles. The Balaban J connectivity index is 1.41. The van der Waals surface area contributed by atoms with Gasteiger partial charge in [-0.3, -0.25) is 4.79 Å². The van der Waals surface area contributed by atoms with Gasteiger partial charge in [-0.25, -0.2) is 9.69 Å². The van der Waals surface area contributed by atoms with Crippen LogP contribution >= 0.6 is 0 Å². The summed E-state index contributed by atoms with van der Waals surface area (Å²) in [6.07, 6.45) is 4.04. The van der Waals surface area contributed by atoms with E-state index in [1.165, 1.54) is 4.90 Å². The van der Waals surface area contributed by atoms with Crippen LogP contribution in [0.25, 0.3) is 6.08 Å². The molecule has 0 N–H and O–H groups in total. The van der Waals surface area contributed by atoms with E-state index in [9.17, 15) is 9.59 Å². The highest BCUT2D eigenvalue weighted by Gasteiger charge is 2.52. The molecule has 2 amide bonds. The number of oxime groups is 1. The summed E-state index contributed by atoms with van der Waals surface area (Å²) in [6.45, 7) is 3.66. The minimum Gasteiger partial charge on any atom is -0.441 e. The van der Waals surface area contributed by atoms with Gasteiger partial charge in [-0.1, -0.05) is 78.0 Å². The van der Waals surface area contributed by atoms with Crippen molar-refractivity contribution in [3.8, 4) is 0 Å². The average molecular weight is 418 g/mol. The van der Waals surface area contributed by atoms with Crippen molar-refractivity contribution < 1.29 is 19.2 Å². The fraction of sp³-hybridized carbons (Fsp3) is 0.320. The number of carbonyl (C=O) groups is 2. The van der Waals surface area contributed by atoms with Gasteiger partial charge in [-0.05, 0) is 31.4 Å². The SMILES string of the molecule is CC1(C)OC(=O)N(C(=O)[C@H]2CC(CC=Cc3ccccc3)=NO2)[C@H]1Cc1ccccc1. The molecule has 1 fully saturated rings. The first kappa shape index (κ1) is 20.8. The van der Waals surface area contributed by atoms with Gasteiger partial charge in [0.25, 0.3) is 5.91 Å². The number of hydrogen-bond donors (Lipinski definition) is 0. The zero-order valence-electron chi connectivity index (χ0n) is 17.7. The molecule has 0 unspecified atom stereocenters. The summed E-state index contributed by atoms with van der Waals surface area (Å²) in [6, 6.07) is 19.3.